The molecule has 0 aliphatic rings. The number of nitrogens with zero attached hydrogens (tertiary/aromatic N) is 4. The average Bonchev–Trinajstić information content (AvgIpc) is 2.62. The quantitative estimate of drug-likeness (QED) is 0.698. The van der Waals surface area contributed by atoms with Gasteiger partial charge < -0.3 is 11.1 Å². The number of halogens is 2. The zero-order chi connectivity index (χ0) is 18.5. The Morgan fingerprint density at radius 3 is 2.35 bits per heavy atom. The molecule has 0 amide bonds. The summed E-state index contributed by atoms with van der Waals surface area (Å²) in [4.78, 5) is 11.9. The van der Waals surface area contributed by atoms with E-state index in [9.17, 15) is 14.0 Å². The third-order valence-corrected chi connectivity index (χ3v) is 3.33. The second-order valence-electron chi connectivity index (χ2n) is 5.14. The van der Waals surface area contributed by atoms with Crippen LogP contribution in [-0.4, -0.2) is 15.0 Å². The van der Waals surface area contributed by atoms with Crippen LogP contribution < -0.4 is 11.1 Å². The Bertz CT molecular complexity index is 992. The minimum atomic E-state index is -0.803. The monoisotopic (exact) mass is 350 g/mol. The van der Waals surface area contributed by atoms with Crippen LogP contribution in [-0.2, 0) is 0 Å². The van der Waals surface area contributed by atoms with Crippen molar-refractivity contribution in [3.05, 3.63) is 71.6 Å². The summed E-state index contributed by atoms with van der Waals surface area (Å²) in [5, 5.41) is 12.3. The van der Waals surface area contributed by atoms with Crippen molar-refractivity contribution in [1.29, 1.82) is 5.26 Å². The van der Waals surface area contributed by atoms with Gasteiger partial charge in [0.2, 0.25) is 11.9 Å². The van der Waals surface area contributed by atoms with Crippen LogP contribution in [0.15, 0.2) is 48.5 Å². The maximum absolute atomic E-state index is 13.8. The predicted octanol–water partition coefficient (Wildman–Crippen LogP) is 3.54. The number of rotatable bonds is 4. The Kier molecular flexibility index (Phi) is 4.80. The van der Waals surface area contributed by atoms with Crippen molar-refractivity contribution in [3.8, 4) is 6.07 Å². The molecular weight excluding hydrogens is 338 g/mol. The lowest BCUT2D eigenvalue weighted by Crippen LogP contribution is -2.06. The van der Waals surface area contributed by atoms with Gasteiger partial charge in [-0.3, -0.25) is 0 Å². The van der Waals surface area contributed by atoms with E-state index in [4.69, 9.17) is 5.73 Å². The SMILES string of the molecule is N#C/C(=C/c1c(F)cccc1F)c1nc(N)nc(Nc2ccccc2)n1. The largest absolute Gasteiger partial charge is 0.368 e. The number of benzene rings is 2. The predicted molar refractivity (Wildman–Crippen MR) is 93.8 cm³/mol. The highest BCUT2D eigenvalue weighted by molar-refractivity contribution is 5.87. The Hall–Kier alpha value is -3.86. The number of nitrogens with one attached hydrogen (secondary N) is 1. The molecule has 0 radical (unpaired) electrons. The molecule has 0 atom stereocenters. The first-order valence-corrected chi connectivity index (χ1v) is 7.46. The van der Waals surface area contributed by atoms with Gasteiger partial charge in [-0.15, -0.1) is 0 Å². The van der Waals surface area contributed by atoms with Crippen molar-refractivity contribution in [2.24, 2.45) is 0 Å². The van der Waals surface area contributed by atoms with Gasteiger partial charge in [-0.05, 0) is 30.3 Å². The van der Waals surface area contributed by atoms with Crippen molar-refractivity contribution in [2.75, 3.05) is 11.1 Å². The molecule has 0 fully saturated rings. The maximum atomic E-state index is 13.8. The van der Waals surface area contributed by atoms with Crippen LogP contribution in [0.5, 0.6) is 0 Å². The van der Waals surface area contributed by atoms with E-state index in [-0.39, 0.29) is 28.9 Å². The molecular formula is C18H12F2N6. The second kappa shape index (κ2) is 7.36. The first-order chi connectivity index (χ1) is 12.6. The minimum absolute atomic E-state index is 0.0962. The third-order valence-electron chi connectivity index (χ3n) is 3.33. The van der Waals surface area contributed by atoms with E-state index in [0.717, 1.165) is 18.2 Å². The fraction of sp³-hybridized carbons (Fsp3) is 0. The summed E-state index contributed by atoms with van der Waals surface area (Å²) in [6, 6.07) is 14.3. The molecule has 1 aromatic heterocycles. The van der Waals surface area contributed by atoms with Crippen molar-refractivity contribution in [2.45, 2.75) is 0 Å². The van der Waals surface area contributed by atoms with Gasteiger partial charge in [-0.2, -0.15) is 20.2 Å². The van der Waals surface area contributed by atoms with Crippen molar-refractivity contribution < 1.29 is 8.78 Å². The lowest BCUT2D eigenvalue weighted by atomic mass is 10.1. The summed E-state index contributed by atoms with van der Waals surface area (Å²) < 4.78 is 27.6. The van der Waals surface area contributed by atoms with Gasteiger partial charge in [0.25, 0.3) is 0 Å². The van der Waals surface area contributed by atoms with Crippen LogP contribution in [0.4, 0.5) is 26.4 Å². The molecule has 0 spiro atoms. The molecule has 128 valence electrons. The van der Waals surface area contributed by atoms with Gasteiger partial charge in [0.05, 0.1) is 5.57 Å². The van der Waals surface area contributed by atoms with Crippen molar-refractivity contribution in [1.82, 2.24) is 15.0 Å². The van der Waals surface area contributed by atoms with Crippen LogP contribution in [0.25, 0.3) is 11.6 Å². The van der Waals surface area contributed by atoms with Gasteiger partial charge >= 0.3 is 0 Å². The molecule has 0 bridgehead atoms. The van der Waals surface area contributed by atoms with E-state index in [1.807, 2.05) is 24.3 Å². The Balaban J connectivity index is 2.02. The summed E-state index contributed by atoms with van der Waals surface area (Å²) >= 11 is 0. The van der Waals surface area contributed by atoms with E-state index in [2.05, 4.69) is 20.3 Å². The molecule has 3 N–H and O–H groups in total. The van der Waals surface area contributed by atoms with E-state index in [0.29, 0.717) is 5.69 Å². The van der Waals surface area contributed by atoms with E-state index < -0.39 is 11.6 Å². The Morgan fingerprint density at radius 1 is 1.00 bits per heavy atom. The standard InChI is InChI=1S/C18H12F2N6/c19-14-7-4-8-15(20)13(14)9-11(10-21)16-24-17(22)26-18(25-16)23-12-5-2-1-3-6-12/h1-9H,(H3,22,23,24,25,26)/b11-9-. The first-order valence-electron chi connectivity index (χ1n) is 7.46. The normalized spacial score (nSPS) is 11.0. The zero-order valence-corrected chi connectivity index (χ0v) is 13.3. The molecule has 26 heavy (non-hydrogen) atoms. The number of nitriles is 1. The van der Waals surface area contributed by atoms with Gasteiger partial charge in [0.1, 0.15) is 17.7 Å². The average molecular weight is 350 g/mol. The number of nitrogen functional groups attached to an aromatic ring is 1. The lowest BCUT2D eigenvalue weighted by Gasteiger charge is -2.07. The minimum Gasteiger partial charge on any atom is -0.368 e. The molecule has 0 saturated heterocycles. The number of anilines is 3. The molecule has 0 saturated carbocycles. The van der Waals surface area contributed by atoms with Gasteiger partial charge in [0.15, 0.2) is 5.82 Å². The second-order valence-corrected chi connectivity index (χ2v) is 5.14. The summed E-state index contributed by atoms with van der Waals surface area (Å²) in [5.41, 5.74) is 5.86. The Labute approximate surface area is 147 Å². The number of hydrogen-bond acceptors (Lipinski definition) is 6. The molecule has 0 aliphatic heterocycles. The molecule has 0 unspecified atom stereocenters. The highest BCUT2D eigenvalue weighted by Crippen LogP contribution is 2.21. The number of nitrogens with two attached hydrogens (primary N) is 1. The topological polar surface area (TPSA) is 101 Å². The first kappa shape index (κ1) is 17.0. The van der Waals surface area contributed by atoms with E-state index >= 15 is 0 Å². The molecule has 0 aliphatic carbocycles. The molecule has 2 aromatic carbocycles. The highest BCUT2D eigenvalue weighted by Gasteiger charge is 2.13. The van der Waals surface area contributed by atoms with Crippen molar-refractivity contribution in [3.63, 3.8) is 0 Å². The lowest BCUT2D eigenvalue weighted by molar-refractivity contribution is 0.579. The third kappa shape index (κ3) is 3.79. The molecule has 6 nitrogen and oxygen atoms in total. The maximum Gasteiger partial charge on any atom is 0.232 e. The summed E-state index contributed by atoms with van der Waals surface area (Å²) in [5.74, 6) is -1.73. The fourth-order valence-electron chi connectivity index (χ4n) is 2.16. The van der Waals surface area contributed by atoms with Crippen LogP contribution in [0.3, 0.4) is 0 Å². The summed E-state index contributed by atoms with van der Waals surface area (Å²) in [6.07, 6.45) is 1.03. The van der Waals surface area contributed by atoms with Crippen LogP contribution in [0.1, 0.15) is 11.4 Å². The highest BCUT2D eigenvalue weighted by atomic mass is 19.1. The molecule has 3 rings (SSSR count). The van der Waals surface area contributed by atoms with Crippen LogP contribution >= 0.6 is 0 Å². The number of para-hydroxylation sites is 1. The molecule has 1 heterocycles. The number of allylic oxidation sites excluding steroid dienone is 1. The smallest absolute Gasteiger partial charge is 0.232 e. The van der Waals surface area contributed by atoms with Gasteiger partial charge in [-0.25, -0.2) is 8.78 Å². The van der Waals surface area contributed by atoms with Crippen molar-refractivity contribution >= 4 is 29.2 Å². The van der Waals surface area contributed by atoms with Crippen LogP contribution in [0, 0.1) is 23.0 Å². The number of hydrogen-bond donors (Lipinski definition) is 2. The fourth-order valence-corrected chi connectivity index (χ4v) is 2.16. The molecule has 8 heteroatoms. The van der Waals surface area contributed by atoms with Gasteiger partial charge in [0, 0.05) is 11.3 Å². The van der Waals surface area contributed by atoms with Gasteiger partial charge in [-0.1, -0.05) is 24.3 Å². The number of aromatic nitrogens is 3. The molecule has 3 aromatic rings. The van der Waals surface area contributed by atoms with Crippen LogP contribution in [0.2, 0.25) is 0 Å². The summed E-state index contributed by atoms with van der Waals surface area (Å²) in [6.45, 7) is 0. The zero-order valence-electron chi connectivity index (χ0n) is 13.3. The van der Waals surface area contributed by atoms with E-state index in [1.54, 1.807) is 12.1 Å². The van der Waals surface area contributed by atoms with E-state index in [1.165, 1.54) is 6.07 Å². The summed E-state index contributed by atoms with van der Waals surface area (Å²) in [7, 11) is 0. The Morgan fingerprint density at radius 2 is 1.69 bits per heavy atom.